The lowest BCUT2D eigenvalue weighted by Crippen LogP contribution is -2.21. The largest absolute Gasteiger partial charge is 0.433 e. The van der Waals surface area contributed by atoms with E-state index in [0.29, 0.717) is 22.5 Å². The highest BCUT2D eigenvalue weighted by Gasteiger charge is 2.32. The normalized spacial score (nSPS) is 16.7. The molecule has 0 atom stereocenters. The van der Waals surface area contributed by atoms with E-state index >= 15 is 0 Å². The van der Waals surface area contributed by atoms with Crippen molar-refractivity contribution >= 4 is 23.4 Å². The molecular weight excluding hydrogens is 319 g/mol. The summed E-state index contributed by atoms with van der Waals surface area (Å²) in [7, 11) is 0. The van der Waals surface area contributed by atoms with Crippen molar-refractivity contribution in [1.29, 1.82) is 0 Å². The lowest BCUT2D eigenvalue weighted by atomic mass is 10.1. The molecule has 24 heavy (non-hydrogen) atoms. The Kier molecular flexibility index (Phi) is 3.92. The van der Waals surface area contributed by atoms with Gasteiger partial charge < -0.3 is 0 Å². The van der Waals surface area contributed by atoms with Crippen LogP contribution in [0.4, 0.5) is 18.9 Å². The van der Waals surface area contributed by atoms with Crippen LogP contribution in [0.15, 0.2) is 59.3 Å². The summed E-state index contributed by atoms with van der Waals surface area (Å²) in [6.45, 7) is 1.67. The highest BCUT2D eigenvalue weighted by atomic mass is 19.4. The first-order valence-corrected chi connectivity index (χ1v) is 7.06. The standard InChI is InChI=1S/C17H12F3N3O/c1-11-14(9-12-7-8-15(21-10-12)17(18,19)20)16(24)23(22-11)13-5-3-2-4-6-13/h2-10H,1H3/b14-9+. The maximum atomic E-state index is 12.5. The van der Waals surface area contributed by atoms with Gasteiger partial charge in [0.1, 0.15) is 5.69 Å². The quantitative estimate of drug-likeness (QED) is 0.783. The van der Waals surface area contributed by atoms with Crippen LogP contribution < -0.4 is 5.01 Å². The minimum absolute atomic E-state index is 0.320. The van der Waals surface area contributed by atoms with Gasteiger partial charge in [0, 0.05) is 6.20 Å². The van der Waals surface area contributed by atoms with Crippen molar-refractivity contribution in [2.75, 3.05) is 5.01 Å². The molecule has 0 radical (unpaired) electrons. The number of benzene rings is 1. The summed E-state index contributed by atoms with van der Waals surface area (Å²) < 4.78 is 37.6. The summed E-state index contributed by atoms with van der Waals surface area (Å²) in [6.07, 6.45) is -1.92. The fraction of sp³-hybridized carbons (Fsp3) is 0.118. The number of halogens is 3. The van der Waals surface area contributed by atoms with Gasteiger partial charge in [0.15, 0.2) is 0 Å². The number of hydrazone groups is 1. The summed E-state index contributed by atoms with van der Waals surface area (Å²) in [6, 6.07) is 11.0. The Morgan fingerprint density at radius 3 is 2.38 bits per heavy atom. The summed E-state index contributed by atoms with van der Waals surface area (Å²) in [4.78, 5) is 15.9. The second-order valence-electron chi connectivity index (χ2n) is 5.17. The van der Waals surface area contributed by atoms with Crippen LogP contribution in [0.2, 0.25) is 0 Å². The average molecular weight is 331 g/mol. The third kappa shape index (κ3) is 3.05. The number of amides is 1. The van der Waals surface area contributed by atoms with Gasteiger partial charge in [-0.05, 0) is 36.8 Å². The van der Waals surface area contributed by atoms with E-state index in [2.05, 4.69) is 10.1 Å². The highest BCUT2D eigenvalue weighted by molar-refractivity contribution is 6.32. The molecule has 0 N–H and O–H groups in total. The van der Waals surface area contributed by atoms with Crippen molar-refractivity contribution in [1.82, 2.24) is 4.98 Å². The number of aromatic nitrogens is 1. The van der Waals surface area contributed by atoms with Crippen LogP contribution in [0.3, 0.4) is 0 Å². The summed E-state index contributed by atoms with van der Waals surface area (Å²) in [5.41, 5.74) is 0.856. The Hall–Kier alpha value is -2.96. The summed E-state index contributed by atoms with van der Waals surface area (Å²) in [5.74, 6) is -0.335. The molecule has 3 rings (SSSR count). The number of para-hydroxylation sites is 1. The molecule has 0 fully saturated rings. The maximum absolute atomic E-state index is 12.5. The minimum Gasteiger partial charge on any atom is -0.267 e. The average Bonchev–Trinajstić information content (AvgIpc) is 2.83. The number of alkyl halides is 3. The zero-order valence-corrected chi connectivity index (χ0v) is 12.6. The number of pyridine rings is 1. The van der Waals surface area contributed by atoms with Gasteiger partial charge in [0.05, 0.1) is 17.0 Å². The zero-order chi connectivity index (χ0) is 17.3. The molecule has 1 amide bonds. The molecule has 0 aliphatic carbocycles. The number of nitrogens with zero attached hydrogens (tertiary/aromatic N) is 3. The highest BCUT2D eigenvalue weighted by Crippen LogP contribution is 2.28. The molecule has 1 aliphatic heterocycles. The molecule has 4 nitrogen and oxygen atoms in total. The Morgan fingerprint density at radius 2 is 1.79 bits per heavy atom. The fourth-order valence-electron chi connectivity index (χ4n) is 2.25. The molecule has 0 spiro atoms. The molecular formula is C17H12F3N3O. The number of rotatable bonds is 2. The van der Waals surface area contributed by atoms with E-state index < -0.39 is 11.9 Å². The lowest BCUT2D eigenvalue weighted by Gasteiger charge is -2.11. The predicted molar refractivity (Wildman–Crippen MR) is 84.3 cm³/mol. The van der Waals surface area contributed by atoms with Crippen molar-refractivity contribution < 1.29 is 18.0 Å². The smallest absolute Gasteiger partial charge is 0.267 e. The van der Waals surface area contributed by atoms with Crippen LogP contribution >= 0.6 is 0 Å². The lowest BCUT2D eigenvalue weighted by molar-refractivity contribution is -0.141. The second-order valence-corrected chi connectivity index (χ2v) is 5.17. The van der Waals surface area contributed by atoms with Gasteiger partial charge in [-0.3, -0.25) is 9.78 Å². The molecule has 7 heteroatoms. The van der Waals surface area contributed by atoms with Crippen LogP contribution in [-0.4, -0.2) is 16.6 Å². The monoisotopic (exact) mass is 331 g/mol. The van der Waals surface area contributed by atoms with E-state index in [1.807, 2.05) is 6.07 Å². The topological polar surface area (TPSA) is 45.6 Å². The van der Waals surface area contributed by atoms with Crippen LogP contribution in [0.1, 0.15) is 18.2 Å². The molecule has 0 bridgehead atoms. The van der Waals surface area contributed by atoms with E-state index in [0.717, 1.165) is 12.3 Å². The first kappa shape index (κ1) is 15.9. The zero-order valence-electron chi connectivity index (χ0n) is 12.6. The Morgan fingerprint density at radius 1 is 1.08 bits per heavy atom. The summed E-state index contributed by atoms with van der Waals surface area (Å²) in [5, 5.41) is 5.47. The van der Waals surface area contributed by atoms with Crippen LogP contribution in [0, 0.1) is 0 Å². The molecule has 0 unspecified atom stereocenters. The molecule has 2 heterocycles. The van der Waals surface area contributed by atoms with Gasteiger partial charge in [0.2, 0.25) is 0 Å². The van der Waals surface area contributed by atoms with E-state index in [-0.39, 0.29) is 5.91 Å². The molecule has 0 saturated carbocycles. The molecule has 1 aromatic heterocycles. The van der Waals surface area contributed by atoms with Gasteiger partial charge in [0.25, 0.3) is 5.91 Å². The molecule has 0 saturated heterocycles. The van der Waals surface area contributed by atoms with Crippen molar-refractivity contribution in [3.05, 3.63) is 65.5 Å². The third-order valence-electron chi connectivity index (χ3n) is 3.45. The molecule has 1 aliphatic rings. The number of carbonyl (C=O) groups excluding carboxylic acids is 1. The maximum Gasteiger partial charge on any atom is 0.433 e. The second kappa shape index (κ2) is 5.92. The van der Waals surface area contributed by atoms with Crippen LogP contribution in [0.5, 0.6) is 0 Å². The Bertz CT molecular complexity index is 824. The first-order chi connectivity index (χ1) is 11.4. The van der Waals surface area contributed by atoms with Crippen molar-refractivity contribution in [2.24, 2.45) is 5.10 Å². The molecule has 122 valence electrons. The number of hydrogen-bond donors (Lipinski definition) is 0. The Labute approximate surface area is 135 Å². The third-order valence-corrected chi connectivity index (χ3v) is 3.45. The fourth-order valence-corrected chi connectivity index (χ4v) is 2.25. The predicted octanol–water partition coefficient (Wildman–Crippen LogP) is 3.91. The molecule has 2 aromatic rings. The molecule has 1 aromatic carbocycles. The number of anilines is 1. The van der Waals surface area contributed by atoms with E-state index in [1.165, 1.54) is 17.2 Å². The van der Waals surface area contributed by atoms with E-state index in [1.54, 1.807) is 31.2 Å². The van der Waals surface area contributed by atoms with Crippen molar-refractivity contribution in [3.63, 3.8) is 0 Å². The van der Waals surface area contributed by atoms with Gasteiger partial charge >= 0.3 is 6.18 Å². The summed E-state index contributed by atoms with van der Waals surface area (Å²) >= 11 is 0. The van der Waals surface area contributed by atoms with Crippen LogP contribution in [0.25, 0.3) is 6.08 Å². The Balaban J connectivity index is 1.89. The van der Waals surface area contributed by atoms with Crippen LogP contribution in [-0.2, 0) is 11.0 Å². The van der Waals surface area contributed by atoms with Crippen molar-refractivity contribution in [2.45, 2.75) is 13.1 Å². The number of hydrogen-bond acceptors (Lipinski definition) is 3. The van der Waals surface area contributed by atoms with Gasteiger partial charge in [-0.1, -0.05) is 24.3 Å². The minimum atomic E-state index is -4.49. The van der Waals surface area contributed by atoms with E-state index in [9.17, 15) is 18.0 Å². The SMILES string of the molecule is CC1=NN(c2ccccc2)C(=O)/C1=C/c1ccc(C(F)(F)F)nc1. The number of carbonyl (C=O) groups is 1. The van der Waals surface area contributed by atoms with E-state index in [4.69, 9.17) is 0 Å². The van der Waals surface area contributed by atoms with Gasteiger partial charge in [-0.25, -0.2) is 0 Å². The first-order valence-electron chi connectivity index (χ1n) is 7.06. The van der Waals surface area contributed by atoms with Crippen molar-refractivity contribution in [3.8, 4) is 0 Å². The van der Waals surface area contributed by atoms with Gasteiger partial charge in [-0.15, -0.1) is 0 Å². The van der Waals surface area contributed by atoms with Gasteiger partial charge in [-0.2, -0.15) is 23.3 Å².